The largest absolute Gasteiger partial charge is 0.338 e. The van der Waals surface area contributed by atoms with Gasteiger partial charge in [0, 0.05) is 6.42 Å². The summed E-state index contributed by atoms with van der Waals surface area (Å²) in [5, 5.41) is 8.23. The fraction of sp³-hybridized carbons (Fsp3) is 0.385. The van der Waals surface area contributed by atoms with Crippen LogP contribution in [0.15, 0.2) is 22.7 Å². The van der Waals surface area contributed by atoms with Gasteiger partial charge in [-0.3, -0.25) is 0 Å². The summed E-state index contributed by atoms with van der Waals surface area (Å²) in [6, 6.07) is 5.48. The van der Waals surface area contributed by atoms with E-state index in [0.29, 0.717) is 34.7 Å². The van der Waals surface area contributed by atoms with Crippen LogP contribution in [0, 0.1) is 0 Å². The van der Waals surface area contributed by atoms with E-state index < -0.39 is 0 Å². The number of nitrogens with zero attached hydrogens (tertiary/aromatic N) is 2. The third-order valence-electron chi connectivity index (χ3n) is 2.56. The first kappa shape index (κ1) is 14.3. The molecule has 0 bridgehead atoms. The van der Waals surface area contributed by atoms with E-state index in [1.165, 1.54) is 0 Å². The molecule has 6 heteroatoms. The van der Waals surface area contributed by atoms with Crippen molar-refractivity contribution in [1.29, 1.82) is 0 Å². The molecule has 0 radical (unpaired) electrons. The van der Waals surface area contributed by atoms with Gasteiger partial charge in [0.15, 0.2) is 5.82 Å². The zero-order valence-electron chi connectivity index (χ0n) is 10.6. The Kier molecular flexibility index (Phi) is 5.19. The van der Waals surface area contributed by atoms with E-state index in [1.54, 1.807) is 6.07 Å². The first-order valence-corrected chi connectivity index (χ1v) is 6.90. The molecular weight excluding hydrogens is 285 g/mol. The maximum atomic E-state index is 5.96. The summed E-state index contributed by atoms with van der Waals surface area (Å²) in [7, 11) is 0. The molecule has 2 rings (SSSR count). The second-order valence-electron chi connectivity index (χ2n) is 4.21. The van der Waals surface area contributed by atoms with Crippen molar-refractivity contribution < 1.29 is 4.52 Å². The predicted octanol–water partition coefficient (Wildman–Crippen LogP) is 3.47. The van der Waals surface area contributed by atoms with Crippen LogP contribution >= 0.6 is 23.2 Å². The van der Waals surface area contributed by atoms with Crippen LogP contribution in [0.5, 0.6) is 0 Å². The molecule has 1 aromatic heterocycles. The summed E-state index contributed by atoms with van der Waals surface area (Å²) >= 11 is 11.8. The van der Waals surface area contributed by atoms with E-state index in [2.05, 4.69) is 22.4 Å². The Morgan fingerprint density at radius 3 is 2.84 bits per heavy atom. The Bertz CT molecular complexity index is 542. The van der Waals surface area contributed by atoms with Gasteiger partial charge in [-0.25, -0.2) is 0 Å². The van der Waals surface area contributed by atoms with Gasteiger partial charge in [-0.2, -0.15) is 4.98 Å². The molecule has 1 N–H and O–H groups in total. The second kappa shape index (κ2) is 6.89. The molecule has 0 saturated carbocycles. The minimum absolute atomic E-state index is 0.535. The van der Waals surface area contributed by atoms with Gasteiger partial charge < -0.3 is 9.84 Å². The van der Waals surface area contributed by atoms with Crippen molar-refractivity contribution in [2.45, 2.75) is 26.3 Å². The molecule has 0 aliphatic rings. The van der Waals surface area contributed by atoms with E-state index in [9.17, 15) is 0 Å². The van der Waals surface area contributed by atoms with Crippen molar-refractivity contribution >= 4 is 23.2 Å². The Labute approximate surface area is 122 Å². The van der Waals surface area contributed by atoms with E-state index in [4.69, 9.17) is 27.7 Å². The van der Waals surface area contributed by atoms with Crippen LogP contribution in [0.4, 0.5) is 0 Å². The number of nitrogens with one attached hydrogen (secondary N) is 1. The summed E-state index contributed by atoms with van der Waals surface area (Å²) in [5.74, 6) is 1.25. The van der Waals surface area contributed by atoms with Gasteiger partial charge in [-0.05, 0) is 30.7 Å². The molecule has 0 spiro atoms. The van der Waals surface area contributed by atoms with E-state index in [-0.39, 0.29) is 0 Å². The molecule has 102 valence electrons. The molecule has 0 aliphatic heterocycles. The van der Waals surface area contributed by atoms with Crippen molar-refractivity contribution in [1.82, 2.24) is 15.5 Å². The van der Waals surface area contributed by atoms with Gasteiger partial charge in [0.2, 0.25) is 5.89 Å². The van der Waals surface area contributed by atoms with E-state index >= 15 is 0 Å². The van der Waals surface area contributed by atoms with Gasteiger partial charge in [0.05, 0.1) is 16.6 Å². The van der Waals surface area contributed by atoms with Gasteiger partial charge in [0.25, 0.3) is 0 Å². The van der Waals surface area contributed by atoms with Crippen molar-refractivity contribution in [3.8, 4) is 0 Å². The molecule has 1 heterocycles. The average molecular weight is 300 g/mol. The molecule has 4 nitrogen and oxygen atoms in total. The van der Waals surface area contributed by atoms with Crippen molar-refractivity contribution in [2.24, 2.45) is 0 Å². The third-order valence-corrected chi connectivity index (χ3v) is 3.30. The summed E-state index contributed by atoms with van der Waals surface area (Å²) in [4.78, 5) is 4.31. The minimum atomic E-state index is 0.535. The molecule has 0 atom stereocenters. The molecule has 19 heavy (non-hydrogen) atoms. The highest BCUT2D eigenvalue weighted by Gasteiger charge is 2.08. The standard InChI is InChI=1S/C13H15Cl2N3O/c1-2-5-16-8-13-17-12(18-19-13)7-9-3-4-10(14)11(15)6-9/h3-4,6,16H,2,5,7-8H2,1H3. The lowest BCUT2D eigenvalue weighted by Gasteiger charge is -1.99. The lowest BCUT2D eigenvalue weighted by molar-refractivity contribution is 0.363. The van der Waals surface area contributed by atoms with Crippen LogP contribution in [0.2, 0.25) is 10.0 Å². The van der Waals surface area contributed by atoms with Gasteiger partial charge in [0.1, 0.15) is 0 Å². The Morgan fingerprint density at radius 2 is 2.11 bits per heavy atom. The lowest BCUT2D eigenvalue weighted by Crippen LogP contribution is -2.13. The zero-order valence-corrected chi connectivity index (χ0v) is 12.1. The molecule has 2 aromatic rings. The van der Waals surface area contributed by atoms with Gasteiger partial charge >= 0.3 is 0 Å². The molecule has 0 aliphatic carbocycles. The Morgan fingerprint density at radius 1 is 1.26 bits per heavy atom. The molecule has 0 fully saturated rings. The van der Waals surface area contributed by atoms with Crippen LogP contribution in [0.1, 0.15) is 30.6 Å². The number of hydrogen-bond acceptors (Lipinski definition) is 4. The van der Waals surface area contributed by atoms with Crippen LogP contribution < -0.4 is 5.32 Å². The topological polar surface area (TPSA) is 51.0 Å². The first-order valence-electron chi connectivity index (χ1n) is 6.15. The van der Waals surface area contributed by atoms with Crippen LogP contribution in [-0.2, 0) is 13.0 Å². The van der Waals surface area contributed by atoms with Gasteiger partial charge in [-0.1, -0.05) is 41.3 Å². The minimum Gasteiger partial charge on any atom is -0.338 e. The van der Waals surface area contributed by atoms with Crippen LogP contribution in [-0.4, -0.2) is 16.7 Å². The number of aromatic nitrogens is 2. The highest BCUT2D eigenvalue weighted by molar-refractivity contribution is 6.42. The number of halogens is 2. The maximum Gasteiger partial charge on any atom is 0.240 e. The summed E-state index contributed by atoms with van der Waals surface area (Å²) in [5.41, 5.74) is 1.00. The lowest BCUT2D eigenvalue weighted by atomic mass is 10.1. The first-order chi connectivity index (χ1) is 9.19. The van der Waals surface area contributed by atoms with Crippen molar-refractivity contribution in [3.05, 3.63) is 45.5 Å². The van der Waals surface area contributed by atoms with Crippen molar-refractivity contribution in [2.75, 3.05) is 6.54 Å². The fourth-order valence-electron chi connectivity index (χ4n) is 1.64. The SMILES string of the molecule is CCCNCc1nc(Cc2ccc(Cl)c(Cl)c2)no1. The number of hydrogen-bond donors (Lipinski definition) is 1. The zero-order chi connectivity index (χ0) is 13.7. The Balaban J connectivity index is 1.97. The van der Waals surface area contributed by atoms with Crippen molar-refractivity contribution in [3.63, 3.8) is 0 Å². The predicted molar refractivity (Wildman–Crippen MR) is 75.6 cm³/mol. The Hall–Kier alpha value is -1.10. The number of benzene rings is 1. The summed E-state index contributed by atoms with van der Waals surface area (Å²) in [6.45, 7) is 3.64. The normalized spacial score (nSPS) is 10.9. The molecule has 0 unspecified atom stereocenters. The highest BCUT2D eigenvalue weighted by Crippen LogP contribution is 2.23. The summed E-state index contributed by atoms with van der Waals surface area (Å²) in [6.07, 6.45) is 1.65. The second-order valence-corrected chi connectivity index (χ2v) is 5.02. The third kappa shape index (κ3) is 4.20. The average Bonchev–Trinajstić information content (AvgIpc) is 2.82. The smallest absolute Gasteiger partial charge is 0.240 e. The van der Waals surface area contributed by atoms with E-state index in [1.807, 2.05) is 12.1 Å². The molecular formula is C13H15Cl2N3O. The molecule has 1 aromatic carbocycles. The highest BCUT2D eigenvalue weighted by atomic mass is 35.5. The number of rotatable bonds is 6. The fourth-order valence-corrected chi connectivity index (χ4v) is 1.96. The monoisotopic (exact) mass is 299 g/mol. The maximum absolute atomic E-state index is 5.96. The molecule has 0 amide bonds. The summed E-state index contributed by atoms with van der Waals surface area (Å²) < 4.78 is 5.15. The van der Waals surface area contributed by atoms with Crippen LogP contribution in [0.3, 0.4) is 0 Å². The van der Waals surface area contributed by atoms with Crippen LogP contribution in [0.25, 0.3) is 0 Å². The quantitative estimate of drug-likeness (QED) is 0.830. The molecule has 0 saturated heterocycles. The van der Waals surface area contributed by atoms with Gasteiger partial charge in [-0.15, -0.1) is 0 Å². The van der Waals surface area contributed by atoms with E-state index in [0.717, 1.165) is 18.5 Å².